The van der Waals surface area contributed by atoms with Crippen LogP contribution in [0.3, 0.4) is 0 Å². The second-order valence-corrected chi connectivity index (χ2v) is 10.7. The number of amides is 2. The summed E-state index contributed by atoms with van der Waals surface area (Å²) in [7, 11) is -4.01. The molecule has 38 heavy (non-hydrogen) atoms. The zero-order valence-corrected chi connectivity index (χ0v) is 20.8. The van der Waals surface area contributed by atoms with Crippen LogP contribution in [0, 0.1) is 0 Å². The van der Waals surface area contributed by atoms with Crippen molar-refractivity contribution in [3.63, 3.8) is 0 Å². The van der Waals surface area contributed by atoms with Crippen molar-refractivity contribution in [2.45, 2.75) is 18.2 Å². The van der Waals surface area contributed by atoms with Crippen LogP contribution >= 0.6 is 7.60 Å². The SMILES string of the molecule is C=CN1C=C1P(=O)(O)OCC1CN(c2ccc(-c3ccc4c(c3)OCC3C(CO)OC(=O)N43)cn2)C(=O)O1. The van der Waals surface area contributed by atoms with Gasteiger partial charge in [0.05, 0.1) is 25.4 Å². The van der Waals surface area contributed by atoms with Gasteiger partial charge in [-0.25, -0.2) is 14.6 Å². The van der Waals surface area contributed by atoms with E-state index < -0.39 is 38.0 Å². The van der Waals surface area contributed by atoms with Crippen LogP contribution in [0.15, 0.2) is 60.9 Å². The van der Waals surface area contributed by atoms with Crippen LogP contribution in [0.25, 0.3) is 11.1 Å². The predicted octanol–water partition coefficient (Wildman–Crippen LogP) is 2.61. The van der Waals surface area contributed by atoms with E-state index in [0.717, 1.165) is 11.1 Å². The van der Waals surface area contributed by atoms with Crippen LogP contribution in [0.5, 0.6) is 5.75 Å². The first-order valence-corrected chi connectivity index (χ1v) is 13.3. The summed E-state index contributed by atoms with van der Waals surface area (Å²) in [6, 6.07) is 8.40. The van der Waals surface area contributed by atoms with Gasteiger partial charge in [-0.05, 0) is 29.8 Å². The lowest BCUT2D eigenvalue weighted by Gasteiger charge is -2.31. The molecule has 4 aliphatic rings. The molecule has 4 unspecified atom stereocenters. The Morgan fingerprint density at radius 2 is 2.00 bits per heavy atom. The first-order chi connectivity index (χ1) is 18.3. The maximum Gasteiger partial charge on any atom is 0.416 e. The summed E-state index contributed by atoms with van der Waals surface area (Å²) in [4.78, 5) is 43.3. The molecule has 0 radical (unpaired) electrons. The number of cyclic esters (lactones) is 2. The molecule has 13 nitrogen and oxygen atoms in total. The van der Waals surface area contributed by atoms with E-state index in [2.05, 4.69) is 11.6 Å². The topological polar surface area (TPSA) is 151 Å². The Hall–Kier alpha value is -3.90. The number of carbonyl (C=O) groups excluding carboxylic acids is 2. The van der Waals surface area contributed by atoms with Gasteiger partial charge in [0.15, 0.2) is 11.5 Å². The number of carbonyl (C=O) groups is 2. The van der Waals surface area contributed by atoms with E-state index in [-0.39, 0.29) is 31.8 Å². The lowest BCUT2D eigenvalue weighted by Crippen LogP contribution is -2.45. The minimum Gasteiger partial charge on any atom is -0.489 e. The highest BCUT2D eigenvalue weighted by atomic mass is 31.2. The largest absolute Gasteiger partial charge is 0.489 e. The fourth-order valence-corrected chi connectivity index (χ4v) is 5.74. The number of ether oxygens (including phenoxy) is 3. The molecule has 0 aliphatic carbocycles. The summed E-state index contributed by atoms with van der Waals surface area (Å²) >= 11 is 0. The van der Waals surface area contributed by atoms with E-state index in [9.17, 15) is 24.2 Å². The number of pyridine rings is 1. The van der Waals surface area contributed by atoms with Gasteiger partial charge in [-0.1, -0.05) is 12.6 Å². The molecule has 0 saturated carbocycles. The fourth-order valence-electron chi connectivity index (χ4n) is 4.59. The standard InChI is InChI=1S/C24H23N4O9P/c1-2-26-10-22(26)38(32,33)35-12-16-9-27(23(30)36-16)21-6-4-15(8-25-21)14-3-5-17-19(7-14)34-13-18-20(11-29)37-24(31)28(17)18/h2-8,10,16,18,20,29H,1,9,11-13H2,(H,32,33). The van der Waals surface area contributed by atoms with Crippen molar-refractivity contribution >= 4 is 31.3 Å². The molecule has 1 aromatic carbocycles. The molecule has 14 heteroatoms. The van der Waals surface area contributed by atoms with Gasteiger partial charge in [0.1, 0.15) is 30.3 Å². The maximum absolute atomic E-state index is 12.4. The third-order valence-corrected chi connectivity index (χ3v) is 8.05. The van der Waals surface area contributed by atoms with Gasteiger partial charge >= 0.3 is 19.8 Å². The number of nitrogens with zero attached hydrogens (tertiary/aromatic N) is 4. The monoisotopic (exact) mass is 542 g/mol. The summed E-state index contributed by atoms with van der Waals surface area (Å²) in [6.45, 7) is 3.27. The fraction of sp³-hybridized carbons (Fsp3) is 0.292. The number of fused-ring (bicyclic) bond motifs is 3. The molecular formula is C24H23N4O9P. The molecule has 4 aliphatic heterocycles. The highest BCUT2D eigenvalue weighted by molar-refractivity contribution is 7.57. The molecule has 198 valence electrons. The first-order valence-electron chi connectivity index (χ1n) is 11.7. The summed E-state index contributed by atoms with van der Waals surface area (Å²) in [5.74, 6) is 0.853. The van der Waals surface area contributed by atoms with Crippen molar-refractivity contribution in [1.82, 2.24) is 9.88 Å². The number of hydrogen-bond donors (Lipinski definition) is 2. The number of anilines is 2. The van der Waals surface area contributed by atoms with Crippen LogP contribution in [0.4, 0.5) is 21.1 Å². The average Bonchev–Trinajstić information content (AvgIpc) is 3.55. The number of benzene rings is 1. The summed E-state index contributed by atoms with van der Waals surface area (Å²) in [5.41, 5.74) is 2.22. The molecule has 4 atom stereocenters. The van der Waals surface area contributed by atoms with Crippen LogP contribution in [-0.4, -0.2) is 76.7 Å². The van der Waals surface area contributed by atoms with Crippen molar-refractivity contribution in [2.24, 2.45) is 0 Å². The Bertz CT molecular complexity index is 1400. The van der Waals surface area contributed by atoms with Crippen molar-refractivity contribution in [3.8, 4) is 16.9 Å². The van der Waals surface area contributed by atoms with Crippen LogP contribution < -0.4 is 14.5 Å². The highest BCUT2D eigenvalue weighted by Crippen LogP contribution is 2.58. The Morgan fingerprint density at radius 1 is 1.18 bits per heavy atom. The van der Waals surface area contributed by atoms with Gasteiger partial charge in [0.2, 0.25) is 0 Å². The quantitative estimate of drug-likeness (QED) is 0.474. The van der Waals surface area contributed by atoms with E-state index in [4.69, 9.17) is 18.7 Å². The molecule has 2 N–H and O–H groups in total. The van der Waals surface area contributed by atoms with Gasteiger partial charge in [-0.2, -0.15) is 0 Å². The molecule has 5 heterocycles. The third kappa shape index (κ3) is 4.19. The molecule has 0 bridgehead atoms. The minimum atomic E-state index is -4.01. The smallest absolute Gasteiger partial charge is 0.416 e. The van der Waals surface area contributed by atoms with Gasteiger partial charge < -0.3 is 33.6 Å². The van der Waals surface area contributed by atoms with Crippen LogP contribution in [-0.2, 0) is 18.6 Å². The lowest BCUT2D eigenvalue weighted by molar-refractivity contribution is 0.0734. The van der Waals surface area contributed by atoms with E-state index in [1.54, 1.807) is 30.5 Å². The molecule has 2 fully saturated rings. The molecule has 2 saturated heterocycles. The van der Waals surface area contributed by atoms with Gasteiger partial charge in [0, 0.05) is 24.2 Å². The van der Waals surface area contributed by atoms with Crippen molar-refractivity contribution in [2.75, 3.05) is 36.2 Å². The maximum atomic E-state index is 12.4. The average molecular weight is 542 g/mol. The molecule has 2 amide bonds. The summed E-state index contributed by atoms with van der Waals surface area (Å²) in [6.07, 6.45) is 1.87. The van der Waals surface area contributed by atoms with Gasteiger partial charge in [-0.3, -0.25) is 14.4 Å². The van der Waals surface area contributed by atoms with E-state index >= 15 is 0 Å². The third-order valence-electron chi connectivity index (χ3n) is 6.62. The molecule has 1 aromatic heterocycles. The van der Waals surface area contributed by atoms with Gasteiger partial charge in [0.25, 0.3) is 0 Å². The normalized spacial score (nSPS) is 25.1. The van der Waals surface area contributed by atoms with Crippen molar-refractivity contribution in [3.05, 3.63) is 60.9 Å². The minimum absolute atomic E-state index is 0.101. The van der Waals surface area contributed by atoms with E-state index in [1.165, 1.54) is 27.1 Å². The lowest BCUT2D eigenvalue weighted by atomic mass is 10.0. The predicted molar refractivity (Wildman–Crippen MR) is 132 cm³/mol. The molecule has 6 rings (SSSR count). The Labute approximate surface area is 216 Å². The second kappa shape index (κ2) is 9.14. The summed E-state index contributed by atoms with van der Waals surface area (Å²) < 4.78 is 33.8. The number of aromatic nitrogens is 1. The number of rotatable bonds is 8. The Balaban J connectivity index is 1.12. The summed E-state index contributed by atoms with van der Waals surface area (Å²) in [5, 5.41) is 9.46. The first kappa shape index (κ1) is 24.4. The van der Waals surface area contributed by atoms with E-state index in [0.29, 0.717) is 17.3 Å². The zero-order valence-electron chi connectivity index (χ0n) is 19.9. The van der Waals surface area contributed by atoms with Crippen molar-refractivity contribution in [1.29, 1.82) is 0 Å². The molecular weight excluding hydrogens is 519 g/mol. The number of aliphatic hydroxyl groups excluding tert-OH is 1. The van der Waals surface area contributed by atoms with E-state index in [1.807, 2.05) is 6.07 Å². The van der Waals surface area contributed by atoms with Gasteiger partial charge in [-0.15, -0.1) is 0 Å². The zero-order chi connectivity index (χ0) is 26.6. The highest BCUT2D eigenvalue weighted by Gasteiger charge is 2.46. The van der Waals surface area contributed by atoms with Crippen molar-refractivity contribution < 1.29 is 42.9 Å². The molecule has 2 aromatic rings. The number of hydrogen-bond acceptors (Lipinski definition) is 10. The van der Waals surface area contributed by atoms with Crippen LogP contribution in [0.1, 0.15) is 0 Å². The Kier molecular flexibility index (Phi) is 5.88. The van der Waals surface area contributed by atoms with Crippen LogP contribution in [0.2, 0.25) is 0 Å². The molecule has 0 spiro atoms. The number of aliphatic hydroxyl groups is 1. The Morgan fingerprint density at radius 3 is 2.71 bits per heavy atom. The second-order valence-electron chi connectivity index (χ2n) is 8.95.